The molecule has 162 valence electrons. The van der Waals surface area contributed by atoms with Crippen LogP contribution in [0.25, 0.3) is 0 Å². The lowest BCUT2D eigenvalue weighted by molar-refractivity contribution is -0.360. The molecular weight excluding hydrogens is 472 g/mol. The standard InChI is InChI=1S/C16H7Cl2F7N2O3/c17-7-4-6(5-8(18)12(7)30-16(24,25)15(21,22)23)26-14(29)27-13(28)11-9(19)2-1-3-10(11)20/h1-5H,(H2,26,27,28,29). The zero-order valence-electron chi connectivity index (χ0n) is 14.0. The van der Waals surface area contributed by atoms with E-state index in [0.29, 0.717) is 12.1 Å². The molecule has 2 rings (SSSR count). The number of rotatable bonds is 4. The number of urea groups is 1. The molecule has 0 aliphatic heterocycles. The molecule has 3 amide bonds. The molecule has 0 bridgehead atoms. The lowest BCUT2D eigenvalue weighted by Gasteiger charge is -2.21. The average molecular weight is 479 g/mol. The number of imide groups is 1. The summed E-state index contributed by atoms with van der Waals surface area (Å²) in [6.07, 6.45) is -11.7. The van der Waals surface area contributed by atoms with E-state index in [2.05, 4.69) is 4.74 Å². The predicted molar refractivity (Wildman–Crippen MR) is 90.9 cm³/mol. The van der Waals surface area contributed by atoms with Gasteiger partial charge in [0.2, 0.25) is 0 Å². The number of carbonyl (C=O) groups excluding carboxylic acids is 2. The first-order chi connectivity index (χ1) is 13.7. The van der Waals surface area contributed by atoms with Crippen LogP contribution in [0.2, 0.25) is 10.0 Å². The number of nitrogens with one attached hydrogen (secondary N) is 2. The van der Waals surface area contributed by atoms with Crippen molar-refractivity contribution >= 4 is 40.8 Å². The third kappa shape index (κ3) is 5.25. The van der Waals surface area contributed by atoms with Crippen LogP contribution in [0.3, 0.4) is 0 Å². The van der Waals surface area contributed by atoms with E-state index in [1.54, 1.807) is 5.32 Å². The van der Waals surface area contributed by atoms with Crippen LogP contribution in [-0.4, -0.2) is 24.2 Å². The van der Waals surface area contributed by atoms with Crippen molar-refractivity contribution < 1.29 is 45.1 Å². The number of benzene rings is 2. The lowest BCUT2D eigenvalue weighted by Crippen LogP contribution is -2.42. The molecule has 0 aliphatic rings. The second-order valence-corrected chi connectivity index (χ2v) is 6.20. The first-order valence-corrected chi connectivity index (χ1v) is 8.17. The monoisotopic (exact) mass is 478 g/mol. The number of amides is 3. The molecule has 2 aromatic carbocycles. The molecule has 30 heavy (non-hydrogen) atoms. The minimum atomic E-state index is -6.06. The topological polar surface area (TPSA) is 67.4 Å². The summed E-state index contributed by atoms with van der Waals surface area (Å²) in [4.78, 5) is 23.6. The molecule has 5 nitrogen and oxygen atoms in total. The normalized spacial score (nSPS) is 11.8. The van der Waals surface area contributed by atoms with Crippen LogP contribution in [-0.2, 0) is 0 Å². The van der Waals surface area contributed by atoms with Gasteiger partial charge in [0.05, 0.1) is 10.0 Å². The zero-order chi connectivity index (χ0) is 22.9. The van der Waals surface area contributed by atoms with Gasteiger partial charge < -0.3 is 10.1 Å². The summed E-state index contributed by atoms with van der Waals surface area (Å²) in [5, 5.41) is 1.84. The first kappa shape index (κ1) is 23.5. The third-order valence-electron chi connectivity index (χ3n) is 3.23. The second-order valence-electron chi connectivity index (χ2n) is 5.39. The lowest BCUT2D eigenvalue weighted by atomic mass is 10.2. The fourth-order valence-electron chi connectivity index (χ4n) is 1.96. The maximum Gasteiger partial charge on any atom is 0.499 e. The molecule has 0 spiro atoms. The van der Waals surface area contributed by atoms with Gasteiger partial charge in [0, 0.05) is 5.69 Å². The zero-order valence-corrected chi connectivity index (χ0v) is 15.5. The number of hydrogen-bond acceptors (Lipinski definition) is 3. The SMILES string of the molecule is O=C(NC(=O)c1c(F)cccc1F)Nc1cc(Cl)c(OC(F)(F)C(F)(F)F)c(Cl)c1. The molecule has 2 N–H and O–H groups in total. The van der Waals surface area contributed by atoms with Crippen LogP contribution in [0.4, 0.5) is 41.2 Å². The van der Waals surface area contributed by atoms with E-state index >= 15 is 0 Å². The highest BCUT2D eigenvalue weighted by atomic mass is 35.5. The smallest absolute Gasteiger partial charge is 0.423 e. The molecule has 0 fully saturated rings. The summed E-state index contributed by atoms with van der Waals surface area (Å²) in [6, 6.07) is 2.54. The van der Waals surface area contributed by atoms with Crippen molar-refractivity contribution in [2.75, 3.05) is 5.32 Å². The van der Waals surface area contributed by atoms with Gasteiger partial charge in [0.25, 0.3) is 5.91 Å². The summed E-state index contributed by atoms with van der Waals surface area (Å²) < 4.78 is 93.3. The molecule has 0 saturated heterocycles. The van der Waals surface area contributed by atoms with E-state index in [1.165, 1.54) is 0 Å². The highest BCUT2D eigenvalue weighted by molar-refractivity contribution is 6.37. The van der Waals surface area contributed by atoms with Gasteiger partial charge in [-0.2, -0.15) is 22.0 Å². The van der Waals surface area contributed by atoms with Crippen molar-refractivity contribution in [1.29, 1.82) is 0 Å². The number of hydrogen-bond donors (Lipinski definition) is 2. The van der Waals surface area contributed by atoms with Crippen molar-refractivity contribution in [2.24, 2.45) is 0 Å². The average Bonchev–Trinajstić information content (AvgIpc) is 2.56. The van der Waals surface area contributed by atoms with Crippen LogP contribution in [0.5, 0.6) is 5.75 Å². The Bertz CT molecular complexity index is 956. The largest absolute Gasteiger partial charge is 0.499 e. The number of carbonyl (C=O) groups is 2. The molecule has 0 unspecified atom stereocenters. The van der Waals surface area contributed by atoms with E-state index in [4.69, 9.17) is 23.2 Å². The Morgan fingerprint density at radius 1 is 0.933 bits per heavy atom. The van der Waals surface area contributed by atoms with E-state index in [0.717, 1.165) is 18.2 Å². The van der Waals surface area contributed by atoms with Gasteiger partial charge in [-0.15, -0.1) is 0 Å². The molecule has 0 aromatic heterocycles. The first-order valence-electron chi connectivity index (χ1n) is 7.42. The van der Waals surface area contributed by atoms with Gasteiger partial charge in [-0.05, 0) is 24.3 Å². The molecule has 2 aromatic rings. The summed E-state index contributed by atoms with van der Waals surface area (Å²) in [5.74, 6) is -5.18. The maximum atomic E-state index is 13.5. The van der Waals surface area contributed by atoms with Crippen molar-refractivity contribution in [3.05, 3.63) is 57.6 Å². The Morgan fingerprint density at radius 2 is 1.43 bits per heavy atom. The van der Waals surface area contributed by atoms with Crippen LogP contribution >= 0.6 is 23.2 Å². The molecule has 0 saturated carbocycles. The van der Waals surface area contributed by atoms with Crippen molar-refractivity contribution in [1.82, 2.24) is 5.32 Å². The van der Waals surface area contributed by atoms with Crippen LogP contribution in [0, 0.1) is 11.6 Å². The summed E-state index contributed by atoms with van der Waals surface area (Å²) >= 11 is 11.1. The highest BCUT2D eigenvalue weighted by Crippen LogP contribution is 2.43. The van der Waals surface area contributed by atoms with Gasteiger partial charge >= 0.3 is 18.3 Å². The summed E-state index contributed by atoms with van der Waals surface area (Å²) in [6.45, 7) is 0. The Balaban J connectivity index is 2.16. The minimum Gasteiger partial charge on any atom is -0.423 e. The summed E-state index contributed by atoms with van der Waals surface area (Å²) in [5.41, 5.74) is -1.42. The van der Waals surface area contributed by atoms with Crippen molar-refractivity contribution in [3.63, 3.8) is 0 Å². The molecule has 0 aliphatic carbocycles. The van der Waals surface area contributed by atoms with Gasteiger partial charge in [0.1, 0.15) is 17.2 Å². The molecule has 0 atom stereocenters. The quantitative estimate of drug-likeness (QED) is 0.548. The van der Waals surface area contributed by atoms with Crippen molar-refractivity contribution in [3.8, 4) is 5.75 Å². The predicted octanol–water partition coefficient (Wildman–Crippen LogP) is 5.77. The fourth-order valence-corrected chi connectivity index (χ4v) is 2.52. The Hall–Kier alpha value is -2.73. The number of anilines is 1. The van der Waals surface area contributed by atoms with Gasteiger partial charge in [-0.25, -0.2) is 13.6 Å². The molecule has 0 radical (unpaired) electrons. The van der Waals surface area contributed by atoms with Gasteiger partial charge in [-0.3, -0.25) is 10.1 Å². The minimum absolute atomic E-state index is 0.369. The molecule has 14 heteroatoms. The number of alkyl halides is 5. The summed E-state index contributed by atoms with van der Waals surface area (Å²) in [7, 11) is 0. The van der Waals surface area contributed by atoms with Crippen LogP contribution in [0.15, 0.2) is 30.3 Å². The van der Waals surface area contributed by atoms with Gasteiger partial charge in [-0.1, -0.05) is 29.3 Å². The van der Waals surface area contributed by atoms with Gasteiger partial charge in [0.15, 0.2) is 5.75 Å². The molecule has 0 heterocycles. The Kier molecular flexibility index (Phi) is 6.72. The van der Waals surface area contributed by atoms with E-state index in [-0.39, 0.29) is 5.69 Å². The second kappa shape index (κ2) is 8.56. The van der Waals surface area contributed by atoms with Crippen molar-refractivity contribution in [2.45, 2.75) is 12.3 Å². The van der Waals surface area contributed by atoms with Crippen LogP contribution in [0.1, 0.15) is 10.4 Å². The van der Waals surface area contributed by atoms with E-state index in [1.807, 2.05) is 5.32 Å². The highest BCUT2D eigenvalue weighted by Gasteiger charge is 2.61. The number of halogens is 9. The Labute approximate surface area is 172 Å². The van der Waals surface area contributed by atoms with E-state index < -0.39 is 57.2 Å². The molecular formula is C16H7Cl2F7N2O3. The fraction of sp³-hybridized carbons (Fsp3) is 0.125. The maximum absolute atomic E-state index is 13.5. The third-order valence-corrected chi connectivity index (χ3v) is 3.79. The number of ether oxygens (including phenoxy) is 1. The Morgan fingerprint density at radius 3 is 1.90 bits per heavy atom. The van der Waals surface area contributed by atoms with E-state index in [9.17, 15) is 40.3 Å². The van der Waals surface area contributed by atoms with Crippen LogP contribution < -0.4 is 15.4 Å².